The molecule has 0 saturated carbocycles. The van der Waals surface area contributed by atoms with E-state index in [-0.39, 0.29) is 18.8 Å². The molecule has 34 heavy (non-hydrogen) atoms. The summed E-state index contributed by atoms with van der Waals surface area (Å²) in [6.07, 6.45) is 0. The molecule has 1 heterocycles. The van der Waals surface area contributed by atoms with Crippen LogP contribution in [0.15, 0.2) is 47.5 Å². The molecular formula is C28H34Cl2FeN3. The molecule has 0 aliphatic carbocycles. The Hall–Kier alpha value is -1.97. The van der Waals surface area contributed by atoms with Crippen molar-refractivity contribution < 1.29 is 13.1 Å². The van der Waals surface area contributed by atoms with Crippen molar-refractivity contribution in [1.82, 2.24) is 4.98 Å². The van der Waals surface area contributed by atoms with Crippen LogP contribution in [0.2, 0.25) is 0 Å². The SMILES string of the molecule is CC(=[N-])c1cccc(C(C)=Nc2c(C)cc(C)cc2C)n1.Cc1cc(C)c(C)c(C)c1.[Cl][Fe+][Cl]. The van der Waals surface area contributed by atoms with E-state index in [4.69, 9.17) is 25.2 Å². The first-order chi connectivity index (χ1) is 15.9. The minimum absolute atomic E-state index is 0.194. The molecule has 2 aromatic carbocycles. The molecule has 0 unspecified atom stereocenters. The molecule has 0 aliphatic rings. The number of halogens is 2. The summed E-state index contributed by atoms with van der Waals surface area (Å²) < 4.78 is 0. The maximum atomic E-state index is 9.55. The first-order valence-corrected chi connectivity index (χ1v) is 14.0. The average Bonchev–Trinajstić information content (AvgIpc) is 2.75. The molecule has 0 N–H and O–H groups in total. The van der Waals surface area contributed by atoms with Crippen molar-refractivity contribution >= 4 is 37.3 Å². The molecule has 0 spiro atoms. The number of hydrogen-bond donors (Lipinski definition) is 0. The van der Waals surface area contributed by atoms with E-state index >= 15 is 0 Å². The molecule has 6 heteroatoms. The molecule has 0 amide bonds. The van der Waals surface area contributed by atoms with Crippen molar-refractivity contribution in [1.29, 1.82) is 0 Å². The Balaban J connectivity index is 0.000000369. The van der Waals surface area contributed by atoms with Crippen molar-refractivity contribution in [3.8, 4) is 0 Å². The molecule has 0 atom stereocenters. The Kier molecular flexibility index (Phi) is 12.8. The van der Waals surface area contributed by atoms with Crippen LogP contribution in [0.25, 0.3) is 5.41 Å². The van der Waals surface area contributed by atoms with Gasteiger partial charge in [-0.3, -0.25) is 4.99 Å². The number of nitrogens with zero attached hydrogens (tertiary/aromatic N) is 3. The zero-order valence-corrected chi connectivity index (χ0v) is 24.1. The van der Waals surface area contributed by atoms with Gasteiger partial charge in [-0.05, 0) is 95.3 Å². The molecule has 0 saturated heterocycles. The van der Waals surface area contributed by atoms with Crippen LogP contribution in [0.4, 0.5) is 5.69 Å². The summed E-state index contributed by atoms with van der Waals surface area (Å²) in [5.74, 6) is 0. The van der Waals surface area contributed by atoms with Gasteiger partial charge in [0.25, 0.3) is 0 Å². The summed E-state index contributed by atoms with van der Waals surface area (Å²) in [5, 5.41) is 9.55. The van der Waals surface area contributed by atoms with Crippen molar-refractivity contribution in [2.75, 3.05) is 0 Å². The fourth-order valence-electron chi connectivity index (χ4n) is 3.66. The van der Waals surface area contributed by atoms with Crippen molar-refractivity contribution in [3.05, 3.63) is 98.2 Å². The third kappa shape index (κ3) is 9.35. The second-order valence-electron chi connectivity index (χ2n) is 8.51. The van der Waals surface area contributed by atoms with E-state index in [9.17, 15) is 5.41 Å². The zero-order chi connectivity index (χ0) is 26.0. The van der Waals surface area contributed by atoms with E-state index in [1.54, 1.807) is 13.0 Å². The van der Waals surface area contributed by atoms with Gasteiger partial charge in [-0.1, -0.05) is 48.4 Å². The normalized spacial score (nSPS) is 10.6. The number of aliphatic imine (C=N–C) groups is 1. The fourth-order valence-corrected chi connectivity index (χ4v) is 3.66. The number of rotatable bonds is 3. The Labute approximate surface area is 220 Å². The van der Waals surface area contributed by atoms with Crippen LogP contribution in [0.5, 0.6) is 0 Å². The van der Waals surface area contributed by atoms with Crippen LogP contribution in [0.3, 0.4) is 0 Å². The Bertz CT molecular complexity index is 1120. The topological polar surface area (TPSA) is 47.5 Å². The molecule has 1 aromatic heterocycles. The Morgan fingerprint density at radius 1 is 0.765 bits per heavy atom. The summed E-state index contributed by atoms with van der Waals surface area (Å²) >= 11 is 0.194. The van der Waals surface area contributed by atoms with Gasteiger partial charge < -0.3 is 5.41 Å². The summed E-state index contributed by atoms with van der Waals surface area (Å²) in [4.78, 5) is 9.16. The monoisotopic (exact) mass is 538 g/mol. The summed E-state index contributed by atoms with van der Waals surface area (Å²) in [5.41, 5.74) is 12.6. The van der Waals surface area contributed by atoms with Gasteiger partial charge in [0, 0.05) is 5.69 Å². The van der Waals surface area contributed by atoms with Gasteiger partial charge in [0.15, 0.2) is 0 Å². The predicted octanol–water partition coefficient (Wildman–Crippen LogP) is 8.82. The molecule has 3 nitrogen and oxygen atoms in total. The molecule has 0 aliphatic heterocycles. The molecule has 0 radical (unpaired) electrons. The van der Waals surface area contributed by atoms with E-state index in [0.29, 0.717) is 5.69 Å². The van der Waals surface area contributed by atoms with Crippen LogP contribution in [0, 0.1) is 48.5 Å². The van der Waals surface area contributed by atoms with Crippen LogP contribution in [-0.2, 0) is 13.1 Å². The number of benzene rings is 2. The summed E-state index contributed by atoms with van der Waals surface area (Å²) in [6.45, 7) is 18.4. The second-order valence-corrected chi connectivity index (χ2v) is 10.3. The second kappa shape index (κ2) is 14.4. The number of pyridine rings is 1. The fraction of sp³-hybridized carbons (Fsp3) is 0.321. The van der Waals surface area contributed by atoms with E-state index in [1.165, 1.54) is 27.8 Å². The minimum atomic E-state index is 0.194. The third-order valence-corrected chi connectivity index (χ3v) is 5.48. The van der Waals surface area contributed by atoms with Crippen LogP contribution in [0.1, 0.15) is 64.2 Å². The van der Waals surface area contributed by atoms with E-state index in [1.807, 2.05) is 19.1 Å². The maximum absolute atomic E-state index is 9.55. The standard InChI is InChI=1S/C18H20N3.C10H14.2ClH.Fe/c1-11-9-12(2)18(13(3)10-11)20-15(5)17-8-6-7-16(21-17)14(4)19;1-7-5-8(2)10(4)9(3)6-7;;;/h6-10H,1-5H3;5-6H,1-4H3;2*1H;/q-1;;;;+3/p-2. The molecule has 0 fully saturated rings. The van der Waals surface area contributed by atoms with Gasteiger partial charge in [-0.25, -0.2) is 4.98 Å². The van der Waals surface area contributed by atoms with Gasteiger partial charge in [0.1, 0.15) is 0 Å². The van der Waals surface area contributed by atoms with Gasteiger partial charge in [-0.2, -0.15) is 5.71 Å². The summed E-state index contributed by atoms with van der Waals surface area (Å²) in [7, 11) is 9.53. The van der Waals surface area contributed by atoms with Gasteiger partial charge in [0.2, 0.25) is 0 Å². The quantitative estimate of drug-likeness (QED) is 0.242. The van der Waals surface area contributed by atoms with Crippen LogP contribution in [-0.4, -0.2) is 16.4 Å². The number of hydrogen-bond acceptors (Lipinski definition) is 2. The van der Waals surface area contributed by atoms with Crippen molar-refractivity contribution in [3.63, 3.8) is 0 Å². The van der Waals surface area contributed by atoms with Crippen LogP contribution >= 0.6 is 20.2 Å². The molecule has 3 aromatic rings. The third-order valence-electron chi connectivity index (χ3n) is 5.48. The number of aromatic nitrogens is 1. The van der Waals surface area contributed by atoms with E-state index in [2.05, 4.69) is 77.7 Å². The predicted molar refractivity (Wildman–Crippen MR) is 147 cm³/mol. The average molecular weight is 539 g/mol. The van der Waals surface area contributed by atoms with Gasteiger partial charge >= 0.3 is 33.3 Å². The van der Waals surface area contributed by atoms with Crippen molar-refractivity contribution in [2.24, 2.45) is 4.99 Å². The Morgan fingerprint density at radius 2 is 1.18 bits per heavy atom. The first kappa shape index (κ1) is 30.1. The molecule has 0 bridgehead atoms. The zero-order valence-electron chi connectivity index (χ0n) is 21.5. The van der Waals surface area contributed by atoms with Gasteiger partial charge in [-0.15, -0.1) is 0 Å². The summed E-state index contributed by atoms with van der Waals surface area (Å²) in [6, 6.07) is 14.3. The molecule has 183 valence electrons. The van der Waals surface area contributed by atoms with E-state index in [0.717, 1.165) is 28.2 Å². The Morgan fingerprint density at radius 3 is 1.62 bits per heavy atom. The number of aryl methyl sites for hydroxylation is 6. The van der Waals surface area contributed by atoms with E-state index < -0.39 is 0 Å². The molecular weight excluding hydrogens is 505 g/mol. The molecule has 3 rings (SSSR count). The van der Waals surface area contributed by atoms with Crippen LogP contribution < -0.4 is 0 Å². The van der Waals surface area contributed by atoms with Gasteiger partial charge in [0.05, 0.1) is 17.1 Å². The van der Waals surface area contributed by atoms with Crippen molar-refractivity contribution in [2.45, 2.75) is 62.3 Å². The first-order valence-electron chi connectivity index (χ1n) is 10.9.